The lowest BCUT2D eigenvalue weighted by atomic mass is 9.92. The Bertz CT molecular complexity index is 600. The van der Waals surface area contributed by atoms with Crippen LogP contribution in [0, 0.1) is 0 Å². The Labute approximate surface area is 140 Å². The van der Waals surface area contributed by atoms with Crippen molar-refractivity contribution in [2.75, 3.05) is 6.54 Å². The molecule has 0 aliphatic rings. The second-order valence-corrected chi connectivity index (χ2v) is 6.39. The highest BCUT2D eigenvalue weighted by Gasteiger charge is 2.26. The molecule has 1 heterocycles. The van der Waals surface area contributed by atoms with E-state index in [4.69, 9.17) is 5.73 Å². The summed E-state index contributed by atoms with van der Waals surface area (Å²) in [6, 6.07) is 7.61. The predicted octanol–water partition coefficient (Wildman–Crippen LogP) is 2.34. The highest BCUT2D eigenvalue weighted by Crippen LogP contribution is 2.19. The first-order valence-electron chi connectivity index (χ1n) is 7.72. The number of nitrogens with two attached hydrogens (primary N) is 1. The summed E-state index contributed by atoms with van der Waals surface area (Å²) in [5.41, 5.74) is 7.29. The standard InChI is InChI=1S/C16H23N5OS/c1-3-16(4-2,10-17)20-14(22)13-7-5-12(6-8-13)9-23-15-18-11-19-21-15/h5-8,11H,3-4,9-10,17H2,1-2H3,(H,20,22)(H,18,19,21). The highest BCUT2D eigenvalue weighted by molar-refractivity contribution is 7.98. The minimum absolute atomic E-state index is 0.0754. The van der Waals surface area contributed by atoms with Crippen molar-refractivity contribution < 1.29 is 4.79 Å². The Kier molecular flexibility index (Phi) is 6.18. The van der Waals surface area contributed by atoms with Crippen LogP contribution in [-0.2, 0) is 5.75 Å². The van der Waals surface area contributed by atoms with E-state index in [0.717, 1.165) is 29.3 Å². The van der Waals surface area contributed by atoms with E-state index in [-0.39, 0.29) is 11.4 Å². The summed E-state index contributed by atoms with van der Waals surface area (Å²) in [5, 5.41) is 10.5. The van der Waals surface area contributed by atoms with E-state index in [1.807, 2.05) is 38.1 Å². The molecule has 1 amide bonds. The van der Waals surface area contributed by atoms with Gasteiger partial charge in [-0.3, -0.25) is 9.89 Å². The summed E-state index contributed by atoms with van der Waals surface area (Å²) < 4.78 is 0. The van der Waals surface area contributed by atoms with Crippen molar-refractivity contribution in [3.63, 3.8) is 0 Å². The summed E-state index contributed by atoms with van der Waals surface area (Å²) in [7, 11) is 0. The number of nitrogens with zero attached hydrogens (tertiary/aromatic N) is 2. The molecule has 2 rings (SSSR count). The van der Waals surface area contributed by atoms with Gasteiger partial charge in [0.1, 0.15) is 6.33 Å². The average Bonchev–Trinajstić information content (AvgIpc) is 3.12. The number of carbonyl (C=O) groups is 1. The van der Waals surface area contributed by atoms with Crippen LogP contribution in [0.2, 0.25) is 0 Å². The van der Waals surface area contributed by atoms with Crippen molar-refractivity contribution in [2.24, 2.45) is 5.73 Å². The van der Waals surface area contributed by atoms with Crippen LogP contribution in [0.15, 0.2) is 35.7 Å². The Balaban J connectivity index is 1.97. The van der Waals surface area contributed by atoms with Crippen molar-refractivity contribution in [1.29, 1.82) is 0 Å². The van der Waals surface area contributed by atoms with Gasteiger partial charge in [-0.2, -0.15) is 5.10 Å². The number of nitrogens with one attached hydrogen (secondary N) is 2. The SMILES string of the molecule is CCC(CC)(CN)NC(=O)c1ccc(CSc2ncn[nH]2)cc1. The van der Waals surface area contributed by atoms with Crippen LogP contribution in [0.1, 0.15) is 42.6 Å². The van der Waals surface area contributed by atoms with Gasteiger partial charge in [0.15, 0.2) is 5.16 Å². The fourth-order valence-corrected chi connectivity index (χ4v) is 2.98. The van der Waals surface area contributed by atoms with Gasteiger partial charge >= 0.3 is 0 Å². The van der Waals surface area contributed by atoms with Gasteiger partial charge < -0.3 is 11.1 Å². The van der Waals surface area contributed by atoms with Gasteiger partial charge in [-0.25, -0.2) is 4.98 Å². The summed E-state index contributed by atoms with van der Waals surface area (Å²) in [5.74, 6) is 0.696. The number of hydrogen-bond donors (Lipinski definition) is 3. The lowest BCUT2D eigenvalue weighted by Gasteiger charge is -2.31. The first kappa shape index (κ1) is 17.5. The zero-order valence-corrected chi connectivity index (χ0v) is 14.3. The van der Waals surface area contributed by atoms with Crippen molar-refractivity contribution in [1.82, 2.24) is 20.5 Å². The molecular weight excluding hydrogens is 310 g/mol. The third kappa shape index (κ3) is 4.56. The molecule has 0 unspecified atom stereocenters. The zero-order valence-electron chi connectivity index (χ0n) is 13.5. The largest absolute Gasteiger partial charge is 0.345 e. The van der Waals surface area contributed by atoms with Gasteiger partial charge in [0.2, 0.25) is 0 Å². The maximum atomic E-state index is 12.4. The third-order valence-electron chi connectivity index (χ3n) is 4.11. The maximum Gasteiger partial charge on any atom is 0.251 e. The van der Waals surface area contributed by atoms with Crippen LogP contribution >= 0.6 is 11.8 Å². The Morgan fingerprint density at radius 2 is 2.00 bits per heavy atom. The Morgan fingerprint density at radius 1 is 1.30 bits per heavy atom. The number of H-pyrrole nitrogens is 1. The molecule has 0 bridgehead atoms. The van der Waals surface area contributed by atoms with Gasteiger partial charge in [0.25, 0.3) is 5.91 Å². The van der Waals surface area contributed by atoms with Crippen molar-refractivity contribution >= 4 is 17.7 Å². The molecule has 0 spiro atoms. The summed E-state index contributed by atoms with van der Waals surface area (Å²) in [6.07, 6.45) is 3.12. The summed E-state index contributed by atoms with van der Waals surface area (Å²) >= 11 is 1.57. The van der Waals surface area contributed by atoms with Gasteiger partial charge in [-0.1, -0.05) is 37.7 Å². The second-order valence-electron chi connectivity index (χ2n) is 5.42. The molecule has 124 valence electrons. The molecule has 0 fully saturated rings. The summed E-state index contributed by atoms with van der Waals surface area (Å²) in [6.45, 7) is 4.53. The molecule has 1 aromatic carbocycles. The van der Waals surface area contributed by atoms with Crippen LogP contribution in [-0.4, -0.2) is 33.2 Å². The monoisotopic (exact) mass is 333 g/mol. The van der Waals surface area contributed by atoms with Gasteiger partial charge in [0, 0.05) is 17.9 Å². The van der Waals surface area contributed by atoms with E-state index in [9.17, 15) is 4.79 Å². The van der Waals surface area contributed by atoms with Crippen LogP contribution in [0.4, 0.5) is 0 Å². The van der Waals surface area contributed by atoms with E-state index >= 15 is 0 Å². The second kappa shape index (κ2) is 8.12. The van der Waals surface area contributed by atoms with Gasteiger partial charge in [-0.05, 0) is 30.5 Å². The fraction of sp³-hybridized carbons (Fsp3) is 0.438. The predicted molar refractivity (Wildman–Crippen MR) is 92.2 cm³/mol. The number of rotatable bonds is 8. The normalized spacial score (nSPS) is 11.4. The lowest BCUT2D eigenvalue weighted by molar-refractivity contribution is 0.0895. The van der Waals surface area contributed by atoms with E-state index in [0.29, 0.717) is 12.1 Å². The zero-order chi connectivity index (χ0) is 16.7. The van der Waals surface area contributed by atoms with Crippen LogP contribution < -0.4 is 11.1 Å². The number of carbonyl (C=O) groups excluding carboxylic acids is 1. The molecule has 7 heteroatoms. The molecule has 4 N–H and O–H groups in total. The molecule has 23 heavy (non-hydrogen) atoms. The molecular formula is C16H23N5OS. The van der Waals surface area contributed by atoms with Crippen molar-refractivity contribution in [2.45, 2.75) is 43.1 Å². The Hall–Kier alpha value is -1.86. The average molecular weight is 333 g/mol. The van der Waals surface area contributed by atoms with Crippen LogP contribution in [0.25, 0.3) is 0 Å². The van der Waals surface area contributed by atoms with E-state index in [2.05, 4.69) is 20.5 Å². The number of thioether (sulfide) groups is 1. The highest BCUT2D eigenvalue weighted by atomic mass is 32.2. The molecule has 0 atom stereocenters. The van der Waals surface area contributed by atoms with Gasteiger partial charge in [0.05, 0.1) is 5.54 Å². The van der Waals surface area contributed by atoms with Crippen LogP contribution in [0.3, 0.4) is 0 Å². The number of hydrogen-bond acceptors (Lipinski definition) is 5. The smallest absolute Gasteiger partial charge is 0.251 e. The van der Waals surface area contributed by atoms with E-state index in [1.165, 1.54) is 6.33 Å². The molecule has 6 nitrogen and oxygen atoms in total. The lowest BCUT2D eigenvalue weighted by Crippen LogP contribution is -2.52. The number of amides is 1. The quantitative estimate of drug-likeness (QED) is 0.644. The molecule has 0 aliphatic carbocycles. The molecule has 0 saturated heterocycles. The summed E-state index contributed by atoms with van der Waals surface area (Å²) in [4.78, 5) is 16.5. The first-order chi connectivity index (χ1) is 11.1. The minimum Gasteiger partial charge on any atom is -0.345 e. The number of benzene rings is 1. The minimum atomic E-state index is -0.322. The molecule has 2 aromatic rings. The molecule has 0 radical (unpaired) electrons. The topological polar surface area (TPSA) is 96.7 Å². The van der Waals surface area contributed by atoms with Crippen molar-refractivity contribution in [3.8, 4) is 0 Å². The number of aromatic amines is 1. The third-order valence-corrected chi connectivity index (χ3v) is 5.06. The van der Waals surface area contributed by atoms with Crippen LogP contribution in [0.5, 0.6) is 0 Å². The molecule has 1 aromatic heterocycles. The first-order valence-corrected chi connectivity index (χ1v) is 8.70. The van der Waals surface area contributed by atoms with Crippen molar-refractivity contribution in [3.05, 3.63) is 41.7 Å². The number of aromatic nitrogens is 3. The van der Waals surface area contributed by atoms with E-state index in [1.54, 1.807) is 11.8 Å². The maximum absolute atomic E-state index is 12.4. The molecule has 0 saturated carbocycles. The fourth-order valence-electron chi connectivity index (χ4n) is 2.25. The Morgan fingerprint density at radius 3 is 2.52 bits per heavy atom. The van der Waals surface area contributed by atoms with Gasteiger partial charge in [-0.15, -0.1) is 0 Å². The van der Waals surface area contributed by atoms with E-state index < -0.39 is 0 Å². The molecule has 0 aliphatic heterocycles.